The molecule has 0 aromatic heterocycles. The summed E-state index contributed by atoms with van der Waals surface area (Å²) in [7, 11) is 0. The first-order valence-corrected chi connectivity index (χ1v) is 19.0. The number of unbranched alkanes of at least 4 members (excludes halogenated alkanes) is 5. The van der Waals surface area contributed by atoms with Gasteiger partial charge in [0.2, 0.25) is 0 Å². The second kappa shape index (κ2) is 18.7. The number of halogens is 3. The van der Waals surface area contributed by atoms with Gasteiger partial charge < -0.3 is 4.74 Å². The van der Waals surface area contributed by atoms with Gasteiger partial charge in [0.1, 0.15) is 18.5 Å². The van der Waals surface area contributed by atoms with Crippen molar-refractivity contribution in [1.29, 1.82) is 0 Å². The van der Waals surface area contributed by atoms with E-state index in [1.165, 1.54) is 70.6 Å². The Bertz CT molecular complexity index is 700. The Hall–Kier alpha value is -0.250. The third-order valence-electron chi connectivity index (χ3n) is 12.5. The smallest absolute Gasteiger partial charge is 0.134 e. The normalized spacial score (nSPS) is 39.8. The predicted molar refractivity (Wildman–Crippen MR) is 171 cm³/mol. The monoisotopic (exact) mass is 597 g/mol. The molecule has 42 heavy (non-hydrogen) atoms. The van der Waals surface area contributed by atoms with Crippen molar-refractivity contribution in [3.63, 3.8) is 0 Å². The summed E-state index contributed by atoms with van der Waals surface area (Å²) in [5.41, 5.74) is 0. The van der Waals surface area contributed by atoms with Gasteiger partial charge in [0.05, 0.1) is 6.10 Å². The molecule has 0 bridgehead atoms. The molecule has 4 heteroatoms. The summed E-state index contributed by atoms with van der Waals surface area (Å²) in [6.07, 6.45) is 24.1. The van der Waals surface area contributed by atoms with Crippen LogP contribution in [-0.4, -0.2) is 31.2 Å². The molecule has 0 N–H and O–H groups in total. The van der Waals surface area contributed by atoms with Crippen LogP contribution in [0, 0.1) is 41.4 Å². The van der Waals surface area contributed by atoms with E-state index < -0.39 is 18.5 Å². The van der Waals surface area contributed by atoms with Gasteiger partial charge in [0.25, 0.3) is 0 Å². The van der Waals surface area contributed by atoms with Gasteiger partial charge in [-0.2, -0.15) is 0 Å². The second-order valence-electron chi connectivity index (χ2n) is 15.4. The van der Waals surface area contributed by atoms with Crippen LogP contribution in [0.5, 0.6) is 0 Å². The van der Waals surface area contributed by atoms with Gasteiger partial charge in [-0.25, -0.2) is 13.2 Å². The first-order valence-electron chi connectivity index (χ1n) is 19.0. The Morgan fingerprint density at radius 2 is 1.14 bits per heavy atom. The predicted octanol–water partition coefficient (Wildman–Crippen LogP) is 12.2. The minimum absolute atomic E-state index is 0.0803. The fourth-order valence-electron chi connectivity index (χ4n) is 9.72. The Morgan fingerprint density at radius 3 is 1.86 bits per heavy atom. The van der Waals surface area contributed by atoms with Crippen LogP contribution < -0.4 is 0 Å². The molecule has 246 valence electrons. The van der Waals surface area contributed by atoms with E-state index >= 15 is 13.2 Å². The van der Waals surface area contributed by atoms with Crippen molar-refractivity contribution >= 4 is 0 Å². The fraction of sp³-hybridized carbons (Fsp3) is 1.00. The zero-order valence-corrected chi connectivity index (χ0v) is 27.6. The summed E-state index contributed by atoms with van der Waals surface area (Å²) >= 11 is 0. The second-order valence-corrected chi connectivity index (χ2v) is 15.4. The van der Waals surface area contributed by atoms with Crippen molar-refractivity contribution in [3.8, 4) is 0 Å². The highest BCUT2D eigenvalue weighted by atomic mass is 19.2. The van der Waals surface area contributed by atoms with E-state index in [1.807, 2.05) is 0 Å². The standard InChI is InChI=1S/C38H67F3O/c1-3-5-7-8-9-11-29-16-24-34(36(39)27-29)30-17-14-28(15-18-30)12-10-13-32-21-25-35(38(41)37(32)40)31-19-22-33(23-20-31)42-26-6-4-2/h28-38H,3-27H2,1-2H3/t28?,29?,30?,31?,32?,33?,34?,35?,36?,37-,38?/m0/s1. The van der Waals surface area contributed by atoms with E-state index in [1.54, 1.807) is 0 Å². The number of ether oxygens (including phenoxy) is 1. The van der Waals surface area contributed by atoms with Gasteiger partial charge >= 0.3 is 0 Å². The maximum Gasteiger partial charge on any atom is 0.134 e. The van der Waals surface area contributed by atoms with Gasteiger partial charge in [0.15, 0.2) is 0 Å². The molecule has 4 saturated carbocycles. The Balaban J connectivity index is 1.07. The minimum Gasteiger partial charge on any atom is -0.378 e. The molecular weight excluding hydrogens is 529 g/mol. The van der Waals surface area contributed by atoms with Crippen LogP contribution >= 0.6 is 0 Å². The molecule has 4 aliphatic carbocycles. The molecule has 0 radical (unpaired) electrons. The largest absolute Gasteiger partial charge is 0.378 e. The maximum absolute atomic E-state index is 15.3. The SMILES string of the molecule is CCCCCCCC1CCC(C2CCC(CCCC3CCC(C4CCC(OCCCC)CC4)C(F)[C@H]3F)CC2)C(F)C1. The summed E-state index contributed by atoms with van der Waals surface area (Å²) in [5.74, 6) is 2.39. The molecule has 0 heterocycles. The third kappa shape index (κ3) is 10.4. The van der Waals surface area contributed by atoms with Crippen molar-refractivity contribution in [2.45, 2.75) is 193 Å². The molecule has 6 unspecified atom stereocenters. The van der Waals surface area contributed by atoms with E-state index in [4.69, 9.17) is 4.74 Å². The highest BCUT2D eigenvalue weighted by molar-refractivity contribution is 4.93. The van der Waals surface area contributed by atoms with Crippen LogP contribution in [0.15, 0.2) is 0 Å². The Kier molecular flexibility index (Phi) is 15.4. The van der Waals surface area contributed by atoms with E-state index in [9.17, 15) is 0 Å². The van der Waals surface area contributed by atoms with Crippen LogP contribution in [0.2, 0.25) is 0 Å². The quantitative estimate of drug-likeness (QED) is 0.161. The molecule has 0 aromatic carbocycles. The van der Waals surface area contributed by atoms with Gasteiger partial charge in [-0.3, -0.25) is 0 Å². The highest BCUT2D eigenvalue weighted by Gasteiger charge is 2.44. The summed E-state index contributed by atoms with van der Waals surface area (Å²) in [5, 5.41) is 0. The molecule has 0 amide bonds. The molecular formula is C38H67F3O. The lowest BCUT2D eigenvalue weighted by atomic mass is 9.67. The van der Waals surface area contributed by atoms with Crippen LogP contribution in [0.25, 0.3) is 0 Å². The molecule has 4 rings (SSSR count). The molecule has 0 spiro atoms. The molecule has 4 fully saturated rings. The van der Waals surface area contributed by atoms with Crippen molar-refractivity contribution in [1.82, 2.24) is 0 Å². The van der Waals surface area contributed by atoms with Crippen LogP contribution in [0.3, 0.4) is 0 Å². The first-order chi connectivity index (χ1) is 20.5. The Labute approximate surface area is 258 Å². The molecule has 1 nitrogen and oxygen atoms in total. The Morgan fingerprint density at radius 1 is 0.524 bits per heavy atom. The van der Waals surface area contributed by atoms with Crippen molar-refractivity contribution in [2.75, 3.05) is 6.61 Å². The number of hydrogen-bond donors (Lipinski definition) is 0. The zero-order chi connectivity index (χ0) is 29.7. The zero-order valence-electron chi connectivity index (χ0n) is 27.6. The van der Waals surface area contributed by atoms with Crippen LogP contribution in [-0.2, 0) is 4.74 Å². The molecule has 7 atom stereocenters. The van der Waals surface area contributed by atoms with E-state index in [0.29, 0.717) is 35.7 Å². The summed E-state index contributed by atoms with van der Waals surface area (Å²) in [4.78, 5) is 0. The molecule has 0 saturated heterocycles. The minimum atomic E-state index is -1.27. The fourth-order valence-corrected chi connectivity index (χ4v) is 9.72. The molecule has 0 aliphatic heterocycles. The number of rotatable bonds is 16. The van der Waals surface area contributed by atoms with Crippen molar-refractivity contribution in [2.24, 2.45) is 41.4 Å². The average molecular weight is 597 g/mol. The van der Waals surface area contributed by atoms with E-state index in [2.05, 4.69) is 13.8 Å². The van der Waals surface area contributed by atoms with E-state index in [0.717, 1.165) is 90.1 Å². The van der Waals surface area contributed by atoms with E-state index in [-0.39, 0.29) is 11.8 Å². The molecule has 0 aromatic rings. The van der Waals surface area contributed by atoms with Gasteiger partial charge in [-0.15, -0.1) is 0 Å². The van der Waals surface area contributed by atoms with Gasteiger partial charge in [-0.1, -0.05) is 84.5 Å². The lowest BCUT2D eigenvalue weighted by Crippen LogP contribution is -2.42. The van der Waals surface area contributed by atoms with Crippen molar-refractivity contribution in [3.05, 3.63) is 0 Å². The van der Waals surface area contributed by atoms with Crippen LogP contribution in [0.1, 0.15) is 168 Å². The summed E-state index contributed by atoms with van der Waals surface area (Å²) in [6.45, 7) is 5.28. The maximum atomic E-state index is 15.3. The summed E-state index contributed by atoms with van der Waals surface area (Å²) < 4.78 is 51.9. The first kappa shape index (κ1) is 34.6. The third-order valence-corrected chi connectivity index (χ3v) is 12.5. The molecule has 4 aliphatic rings. The summed E-state index contributed by atoms with van der Waals surface area (Å²) in [6, 6.07) is 0. The highest BCUT2D eigenvalue weighted by Crippen LogP contribution is 2.46. The van der Waals surface area contributed by atoms with Crippen LogP contribution in [0.4, 0.5) is 13.2 Å². The topological polar surface area (TPSA) is 9.23 Å². The number of hydrogen-bond acceptors (Lipinski definition) is 1. The van der Waals surface area contributed by atoms with Crippen molar-refractivity contribution < 1.29 is 17.9 Å². The average Bonchev–Trinajstić information content (AvgIpc) is 3.00. The van der Waals surface area contributed by atoms with Gasteiger partial charge in [-0.05, 0) is 125 Å². The lowest BCUT2D eigenvalue weighted by molar-refractivity contribution is -0.0343. The van der Waals surface area contributed by atoms with Gasteiger partial charge in [0, 0.05) is 6.61 Å². The number of alkyl halides is 3. The lowest BCUT2D eigenvalue weighted by Gasteiger charge is -2.41.